The minimum atomic E-state index is -0.734. The fourth-order valence-corrected chi connectivity index (χ4v) is 1.10. The molecular formula is C12H25N3O3. The molecule has 0 radical (unpaired) electrons. The number of carbonyl (C=O) groups excluding carboxylic acids is 2. The molecule has 0 heterocycles. The maximum atomic E-state index is 11.6. The summed E-state index contributed by atoms with van der Waals surface area (Å²) in [6, 6.07) is -0.623. The molecule has 0 aromatic rings. The third kappa shape index (κ3) is 5.46. The SMILES string of the molecule is CC(C)[C@H](N)C(=O)NCC(=O)NC(C)(C)C(C)O. The van der Waals surface area contributed by atoms with Gasteiger partial charge in [-0.15, -0.1) is 0 Å². The number of hydrogen-bond donors (Lipinski definition) is 4. The van der Waals surface area contributed by atoms with Crippen molar-refractivity contribution in [3.05, 3.63) is 0 Å². The van der Waals surface area contributed by atoms with Crippen LogP contribution in [0.1, 0.15) is 34.6 Å². The third-order valence-corrected chi connectivity index (χ3v) is 2.95. The highest BCUT2D eigenvalue weighted by atomic mass is 16.3. The molecule has 0 spiro atoms. The lowest BCUT2D eigenvalue weighted by Gasteiger charge is -2.29. The van der Waals surface area contributed by atoms with Crippen LogP contribution in [-0.2, 0) is 9.59 Å². The van der Waals surface area contributed by atoms with E-state index in [0.717, 1.165) is 0 Å². The molecule has 6 nitrogen and oxygen atoms in total. The summed E-state index contributed by atoms with van der Waals surface area (Å²) >= 11 is 0. The van der Waals surface area contributed by atoms with Crippen LogP contribution in [0.4, 0.5) is 0 Å². The second-order valence-electron chi connectivity index (χ2n) is 5.43. The summed E-state index contributed by atoms with van der Waals surface area (Å²) in [5.74, 6) is -0.692. The van der Waals surface area contributed by atoms with Crippen molar-refractivity contribution in [1.82, 2.24) is 10.6 Å². The van der Waals surface area contributed by atoms with Crippen LogP contribution in [0.3, 0.4) is 0 Å². The van der Waals surface area contributed by atoms with Crippen molar-refractivity contribution in [3.8, 4) is 0 Å². The number of hydrogen-bond acceptors (Lipinski definition) is 4. The first-order chi connectivity index (χ1) is 8.08. The van der Waals surface area contributed by atoms with Gasteiger partial charge in [-0.05, 0) is 26.7 Å². The van der Waals surface area contributed by atoms with Gasteiger partial charge < -0.3 is 21.5 Å². The molecule has 0 aliphatic rings. The van der Waals surface area contributed by atoms with E-state index in [2.05, 4.69) is 10.6 Å². The monoisotopic (exact) mass is 259 g/mol. The van der Waals surface area contributed by atoms with Gasteiger partial charge >= 0.3 is 0 Å². The molecule has 0 aliphatic carbocycles. The highest BCUT2D eigenvalue weighted by Crippen LogP contribution is 2.07. The maximum absolute atomic E-state index is 11.6. The predicted molar refractivity (Wildman–Crippen MR) is 69.7 cm³/mol. The van der Waals surface area contributed by atoms with E-state index in [-0.39, 0.29) is 24.3 Å². The predicted octanol–water partition coefficient (Wildman–Crippen LogP) is -0.638. The summed E-state index contributed by atoms with van der Waals surface area (Å²) in [4.78, 5) is 23.1. The Labute approximate surface area is 108 Å². The molecule has 2 amide bonds. The third-order valence-electron chi connectivity index (χ3n) is 2.95. The number of aliphatic hydroxyl groups is 1. The summed E-state index contributed by atoms with van der Waals surface area (Å²) in [6.45, 7) is 8.53. The minimum Gasteiger partial charge on any atom is -0.391 e. The molecule has 0 bridgehead atoms. The van der Waals surface area contributed by atoms with Crippen molar-refractivity contribution in [2.24, 2.45) is 11.7 Å². The van der Waals surface area contributed by atoms with Crippen LogP contribution >= 0.6 is 0 Å². The normalized spacial score (nSPS) is 15.1. The summed E-state index contributed by atoms with van der Waals surface area (Å²) < 4.78 is 0. The van der Waals surface area contributed by atoms with Gasteiger partial charge in [0.15, 0.2) is 0 Å². The average molecular weight is 259 g/mol. The lowest BCUT2D eigenvalue weighted by Crippen LogP contribution is -2.54. The Kier molecular flexibility index (Phi) is 6.28. The van der Waals surface area contributed by atoms with E-state index in [1.54, 1.807) is 20.8 Å². The van der Waals surface area contributed by atoms with Gasteiger partial charge in [-0.1, -0.05) is 13.8 Å². The number of rotatable bonds is 6. The zero-order chi connectivity index (χ0) is 14.5. The molecule has 0 fully saturated rings. The van der Waals surface area contributed by atoms with Gasteiger partial charge in [0.25, 0.3) is 0 Å². The quantitative estimate of drug-likeness (QED) is 0.509. The van der Waals surface area contributed by atoms with Crippen molar-refractivity contribution in [2.75, 3.05) is 6.54 Å². The van der Waals surface area contributed by atoms with Crippen molar-refractivity contribution in [2.45, 2.75) is 52.3 Å². The lowest BCUT2D eigenvalue weighted by atomic mass is 9.99. The number of nitrogens with one attached hydrogen (secondary N) is 2. The first-order valence-corrected chi connectivity index (χ1v) is 6.10. The summed E-state index contributed by atoms with van der Waals surface area (Å²) in [7, 11) is 0. The van der Waals surface area contributed by atoms with Crippen LogP contribution in [0.15, 0.2) is 0 Å². The number of carbonyl (C=O) groups is 2. The molecule has 5 N–H and O–H groups in total. The van der Waals surface area contributed by atoms with Gasteiger partial charge in [-0.2, -0.15) is 0 Å². The van der Waals surface area contributed by atoms with Crippen LogP contribution in [0, 0.1) is 5.92 Å². The van der Waals surface area contributed by atoms with E-state index >= 15 is 0 Å². The molecule has 2 atom stereocenters. The second-order valence-corrected chi connectivity index (χ2v) is 5.43. The van der Waals surface area contributed by atoms with Crippen LogP contribution in [-0.4, -0.2) is 41.2 Å². The smallest absolute Gasteiger partial charge is 0.239 e. The number of amides is 2. The van der Waals surface area contributed by atoms with E-state index in [4.69, 9.17) is 5.73 Å². The highest BCUT2D eigenvalue weighted by molar-refractivity contribution is 5.87. The molecule has 0 aromatic carbocycles. The molecule has 0 saturated carbocycles. The van der Waals surface area contributed by atoms with E-state index in [1.807, 2.05) is 13.8 Å². The average Bonchev–Trinajstić information content (AvgIpc) is 2.23. The topological polar surface area (TPSA) is 104 Å². The van der Waals surface area contributed by atoms with Crippen LogP contribution in [0.5, 0.6) is 0 Å². The second kappa shape index (κ2) is 6.70. The zero-order valence-electron chi connectivity index (χ0n) is 11.8. The fraction of sp³-hybridized carbons (Fsp3) is 0.833. The molecular weight excluding hydrogens is 234 g/mol. The highest BCUT2D eigenvalue weighted by Gasteiger charge is 2.26. The van der Waals surface area contributed by atoms with Crippen LogP contribution < -0.4 is 16.4 Å². The van der Waals surface area contributed by atoms with Crippen molar-refractivity contribution < 1.29 is 14.7 Å². The molecule has 106 valence electrons. The first kappa shape index (κ1) is 16.9. The Morgan fingerprint density at radius 1 is 1.28 bits per heavy atom. The van der Waals surface area contributed by atoms with Crippen LogP contribution in [0.25, 0.3) is 0 Å². The summed E-state index contributed by atoms with van der Waals surface area (Å²) in [5.41, 5.74) is 4.90. The Hall–Kier alpha value is -1.14. The molecule has 0 saturated heterocycles. The maximum Gasteiger partial charge on any atom is 0.239 e. The van der Waals surface area contributed by atoms with Gasteiger partial charge in [0, 0.05) is 0 Å². The lowest BCUT2D eigenvalue weighted by molar-refractivity contribution is -0.128. The van der Waals surface area contributed by atoms with E-state index < -0.39 is 17.7 Å². The van der Waals surface area contributed by atoms with Gasteiger partial charge in [-0.25, -0.2) is 0 Å². The summed E-state index contributed by atoms with van der Waals surface area (Å²) in [5, 5.41) is 14.5. The molecule has 0 aromatic heterocycles. The standard InChI is InChI=1S/C12H25N3O3/c1-7(2)10(13)11(18)14-6-9(17)15-12(4,5)8(3)16/h7-8,10,16H,6,13H2,1-5H3,(H,14,18)(H,15,17)/t8?,10-/m0/s1. The van der Waals surface area contributed by atoms with Crippen molar-refractivity contribution in [1.29, 1.82) is 0 Å². The molecule has 0 rings (SSSR count). The summed E-state index contributed by atoms with van der Waals surface area (Å²) in [6.07, 6.45) is -0.685. The Bertz CT molecular complexity index is 301. The van der Waals surface area contributed by atoms with Gasteiger partial charge in [0.1, 0.15) is 0 Å². The minimum absolute atomic E-state index is 0.0157. The van der Waals surface area contributed by atoms with Crippen LogP contribution in [0.2, 0.25) is 0 Å². The van der Waals surface area contributed by atoms with Crippen molar-refractivity contribution >= 4 is 11.8 Å². The van der Waals surface area contributed by atoms with Gasteiger partial charge in [0.05, 0.1) is 24.2 Å². The fourth-order valence-electron chi connectivity index (χ4n) is 1.10. The van der Waals surface area contributed by atoms with E-state index in [9.17, 15) is 14.7 Å². The van der Waals surface area contributed by atoms with Gasteiger partial charge in [0.2, 0.25) is 11.8 Å². The largest absolute Gasteiger partial charge is 0.391 e. The molecule has 18 heavy (non-hydrogen) atoms. The van der Waals surface area contributed by atoms with E-state index in [0.29, 0.717) is 0 Å². The zero-order valence-corrected chi connectivity index (χ0v) is 11.8. The molecule has 1 unspecified atom stereocenters. The Balaban J connectivity index is 4.17. The van der Waals surface area contributed by atoms with E-state index in [1.165, 1.54) is 0 Å². The Morgan fingerprint density at radius 2 is 1.78 bits per heavy atom. The first-order valence-electron chi connectivity index (χ1n) is 6.10. The Morgan fingerprint density at radius 3 is 2.17 bits per heavy atom. The number of aliphatic hydroxyl groups excluding tert-OH is 1. The number of nitrogens with two attached hydrogens (primary N) is 1. The van der Waals surface area contributed by atoms with Gasteiger partial charge in [-0.3, -0.25) is 9.59 Å². The van der Waals surface area contributed by atoms with Crippen molar-refractivity contribution in [3.63, 3.8) is 0 Å². The molecule has 0 aliphatic heterocycles. The molecule has 6 heteroatoms.